The Balaban J connectivity index is 1.39. The van der Waals surface area contributed by atoms with Gasteiger partial charge in [0.25, 0.3) is 0 Å². The van der Waals surface area contributed by atoms with E-state index < -0.39 is 5.60 Å². The van der Waals surface area contributed by atoms with Gasteiger partial charge in [0, 0.05) is 32.2 Å². The largest absolute Gasteiger partial charge is 0.481 e. The second-order valence-corrected chi connectivity index (χ2v) is 7.37. The van der Waals surface area contributed by atoms with Crippen LogP contribution in [0.4, 0.5) is 5.69 Å². The van der Waals surface area contributed by atoms with Crippen LogP contribution in [-0.4, -0.2) is 60.7 Å². The average Bonchev–Trinajstić information content (AvgIpc) is 3.28. The van der Waals surface area contributed by atoms with Crippen molar-refractivity contribution in [2.45, 2.75) is 37.7 Å². The predicted octanol–water partition coefficient (Wildman–Crippen LogP) is 1.61. The summed E-state index contributed by atoms with van der Waals surface area (Å²) < 4.78 is 10.7. The molecule has 1 aliphatic carbocycles. The molecule has 1 aromatic rings. The maximum Gasteiger partial charge on any atom is 0.307 e. The number of nitrogens with zero attached hydrogens (tertiary/aromatic N) is 3. The van der Waals surface area contributed by atoms with Gasteiger partial charge in [-0.3, -0.25) is 9.59 Å². The van der Waals surface area contributed by atoms with Crippen LogP contribution in [0.3, 0.4) is 0 Å². The molecule has 2 aliphatic heterocycles. The molecule has 0 N–H and O–H groups in total. The molecule has 7 heteroatoms. The summed E-state index contributed by atoms with van der Waals surface area (Å²) in [6.07, 6.45) is 5.76. The summed E-state index contributed by atoms with van der Waals surface area (Å²) >= 11 is 0. The summed E-state index contributed by atoms with van der Waals surface area (Å²) in [5.41, 5.74) is 0.509. The fourth-order valence-electron chi connectivity index (χ4n) is 4.51. The number of esters is 1. The normalized spacial score (nSPS) is 24.8. The molecule has 1 amide bonds. The first-order chi connectivity index (χ1) is 12.6. The molecule has 0 bridgehead atoms. The molecule has 3 fully saturated rings. The zero-order valence-electron chi connectivity index (χ0n) is 15.1. The number of piperazine rings is 1. The molecule has 2 saturated heterocycles. The number of carbonyl (C=O) groups is 2. The van der Waals surface area contributed by atoms with Gasteiger partial charge in [-0.15, -0.1) is 0 Å². The molecular weight excluding hydrogens is 334 g/mol. The summed E-state index contributed by atoms with van der Waals surface area (Å²) in [7, 11) is 1.60. The molecular formula is C19H25N3O4. The highest BCUT2D eigenvalue weighted by atomic mass is 16.6. The minimum absolute atomic E-state index is 0.0882. The number of rotatable bonds is 3. The summed E-state index contributed by atoms with van der Waals surface area (Å²) in [6, 6.07) is 3.83. The van der Waals surface area contributed by atoms with Crippen LogP contribution < -0.4 is 9.64 Å². The third kappa shape index (κ3) is 2.99. The third-order valence-electron chi connectivity index (χ3n) is 5.96. The van der Waals surface area contributed by atoms with Gasteiger partial charge in [0.05, 0.1) is 31.3 Å². The van der Waals surface area contributed by atoms with Gasteiger partial charge >= 0.3 is 5.97 Å². The van der Waals surface area contributed by atoms with Gasteiger partial charge in [-0.25, -0.2) is 4.98 Å². The van der Waals surface area contributed by atoms with E-state index in [0.29, 0.717) is 19.0 Å². The quantitative estimate of drug-likeness (QED) is 0.764. The van der Waals surface area contributed by atoms with Crippen LogP contribution in [-0.2, 0) is 14.3 Å². The van der Waals surface area contributed by atoms with Crippen molar-refractivity contribution >= 4 is 17.6 Å². The molecule has 3 aliphatic rings. The van der Waals surface area contributed by atoms with Crippen molar-refractivity contribution in [3.63, 3.8) is 0 Å². The van der Waals surface area contributed by atoms with Gasteiger partial charge in [0.1, 0.15) is 5.60 Å². The van der Waals surface area contributed by atoms with Gasteiger partial charge in [-0.05, 0) is 31.7 Å². The van der Waals surface area contributed by atoms with Crippen molar-refractivity contribution in [3.05, 3.63) is 18.3 Å². The van der Waals surface area contributed by atoms with Gasteiger partial charge in [-0.1, -0.05) is 0 Å². The fourth-order valence-corrected chi connectivity index (χ4v) is 4.51. The summed E-state index contributed by atoms with van der Waals surface area (Å²) in [5.74, 6) is 0.167. The van der Waals surface area contributed by atoms with Crippen molar-refractivity contribution in [1.29, 1.82) is 0 Å². The number of carbonyl (C=O) groups excluding carboxylic acids is 2. The molecule has 7 nitrogen and oxygen atoms in total. The number of amides is 1. The molecule has 0 aromatic carbocycles. The van der Waals surface area contributed by atoms with Crippen molar-refractivity contribution in [2.24, 2.45) is 5.92 Å². The van der Waals surface area contributed by atoms with Crippen molar-refractivity contribution in [2.75, 3.05) is 38.2 Å². The van der Waals surface area contributed by atoms with Crippen LogP contribution in [0.2, 0.25) is 0 Å². The molecule has 1 aromatic heterocycles. The second-order valence-electron chi connectivity index (χ2n) is 7.37. The number of hydrogen-bond donors (Lipinski definition) is 0. The standard InChI is InChI=1S/C19H25N3O4/c1-25-16-5-4-14(13-20-16)21-8-10-22(11-9-21)18(24)15-12-17(23)26-19(15)6-2-3-7-19/h4-5,13,15H,2-3,6-12H2,1H3. The lowest BCUT2D eigenvalue weighted by atomic mass is 9.84. The zero-order chi connectivity index (χ0) is 18.1. The number of aromatic nitrogens is 1. The molecule has 1 spiro atoms. The van der Waals surface area contributed by atoms with Crippen LogP contribution in [0.1, 0.15) is 32.1 Å². The fraction of sp³-hybridized carbons (Fsp3) is 0.632. The smallest absolute Gasteiger partial charge is 0.307 e. The first-order valence-corrected chi connectivity index (χ1v) is 9.37. The zero-order valence-corrected chi connectivity index (χ0v) is 15.1. The van der Waals surface area contributed by atoms with Crippen LogP contribution >= 0.6 is 0 Å². The van der Waals surface area contributed by atoms with Gasteiger partial charge in [-0.2, -0.15) is 0 Å². The number of methoxy groups -OCH3 is 1. The highest BCUT2D eigenvalue weighted by molar-refractivity contribution is 5.88. The Bertz CT molecular complexity index is 677. The Hall–Kier alpha value is -2.31. The minimum atomic E-state index is -0.523. The van der Waals surface area contributed by atoms with E-state index in [-0.39, 0.29) is 24.2 Å². The number of hydrogen-bond acceptors (Lipinski definition) is 6. The summed E-state index contributed by atoms with van der Waals surface area (Å²) in [5, 5.41) is 0. The lowest BCUT2D eigenvalue weighted by Crippen LogP contribution is -2.53. The molecule has 1 saturated carbocycles. The maximum absolute atomic E-state index is 13.1. The second kappa shape index (κ2) is 6.78. The van der Waals surface area contributed by atoms with Crippen molar-refractivity contribution in [3.8, 4) is 5.88 Å². The number of ether oxygens (including phenoxy) is 2. The monoisotopic (exact) mass is 359 g/mol. The molecule has 3 heterocycles. The first kappa shape index (κ1) is 17.1. The van der Waals surface area contributed by atoms with Gasteiger partial charge in [0.2, 0.25) is 11.8 Å². The number of pyridine rings is 1. The van der Waals surface area contributed by atoms with Crippen molar-refractivity contribution < 1.29 is 19.1 Å². The molecule has 4 rings (SSSR count). The lowest BCUT2D eigenvalue weighted by molar-refractivity contribution is -0.151. The highest BCUT2D eigenvalue weighted by Gasteiger charge is 2.54. The molecule has 26 heavy (non-hydrogen) atoms. The average molecular weight is 359 g/mol. The Morgan fingerprint density at radius 3 is 2.58 bits per heavy atom. The SMILES string of the molecule is COc1ccc(N2CCN(C(=O)C3CC(=O)OC34CCCC4)CC2)cn1. The first-order valence-electron chi connectivity index (χ1n) is 9.37. The van der Waals surface area contributed by atoms with E-state index in [2.05, 4.69) is 9.88 Å². The number of anilines is 1. The summed E-state index contributed by atoms with van der Waals surface area (Å²) in [4.78, 5) is 33.3. The predicted molar refractivity (Wildman–Crippen MR) is 95.0 cm³/mol. The molecule has 140 valence electrons. The van der Waals surface area contributed by atoms with E-state index >= 15 is 0 Å². The van der Waals surface area contributed by atoms with E-state index in [0.717, 1.165) is 44.5 Å². The molecule has 1 atom stereocenters. The van der Waals surface area contributed by atoms with E-state index in [1.54, 1.807) is 13.3 Å². The molecule has 0 radical (unpaired) electrons. The van der Waals surface area contributed by atoms with E-state index in [9.17, 15) is 9.59 Å². The molecule has 1 unspecified atom stereocenters. The minimum Gasteiger partial charge on any atom is -0.481 e. The maximum atomic E-state index is 13.1. The third-order valence-corrected chi connectivity index (χ3v) is 5.96. The highest BCUT2D eigenvalue weighted by Crippen LogP contribution is 2.46. The van der Waals surface area contributed by atoms with Gasteiger partial charge < -0.3 is 19.3 Å². The Kier molecular flexibility index (Phi) is 4.46. The van der Waals surface area contributed by atoms with E-state index in [1.165, 1.54) is 0 Å². The Morgan fingerprint density at radius 2 is 1.96 bits per heavy atom. The Labute approximate surface area is 153 Å². The van der Waals surface area contributed by atoms with E-state index in [4.69, 9.17) is 9.47 Å². The van der Waals surface area contributed by atoms with Crippen molar-refractivity contribution in [1.82, 2.24) is 9.88 Å². The van der Waals surface area contributed by atoms with Crippen LogP contribution in [0.15, 0.2) is 18.3 Å². The topological polar surface area (TPSA) is 72.0 Å². The lowest BCUT2D eigenvalue weighted by Gasteiger charge is -2.38. The Morgan fingerprint density at radius 1 is 1.23 bits per heavy atom. The van der Waals surface area contributed by atoms with Crippen LogP contribution in [0, 0.1) is 5.92 Å². The van der Waals surface area contributed by atoms with Gasteiger partial charge in [0.15, 0.2) is 0 Å². The van der Waals surface area contributed by atoms with Crippen LogP contribution in [0.5, 0.6) is 5.88 Å². The summed E-state index contributed by atoms with van der Waals surface area (Å²) in [6.45, 7) is 2.83. The van der Waals surface area contributed by atoms with Crippen LogP contribution in [0.25, 0.3) is 0 Å². The van der Waals surface area contributed by atoms with E-state index in [1.807, 2.05) is 17.0 Å².